The third-order valence-corrected chi connectivity index (χ3v) is 1.70. The Labute approximate surface area is 65.1 Å². The van der Waals surface area contributed by atoms with Crippen LogP contribution in [0, 0.1) is 6.92 Å². The van der Waals surface area contributed by atoms with Crippen LogP contribution in [0.4, 0.5) is 22.0 Å². The van der Waals surface area contributed by atoms with Crippen LogP contribution < -0.4 is 0 Å². The average Bonchev–Trinajstić information content (AvgIpc) is 1.81. The molecule has 6 heteroatoms. The van der Waals surface area contributed by atoms with E-state index in [-0.39, 0.29) is 5.75 Å². The summed E-state index contributed by atoms with van der Waals surface area (Å²) in [5, 5.41) is 0. The van der Waals surface area contributed by atoms with Crippen molar-refractivity contribution in [3.05, 3.63) is 6.92 Å². The molecule has 0 rings (SSSR count). The predicted octanol–water partition coefficient (Wildman–Crippen LogP) is 2.75. The molecule has 0 aliphatic heterocycles. The van der Waals surface area contributed by atoms with E-state index in [0.29, 0.717) is 11.8 Å². The number of thioether (sulfide) groups is 1. The fraction of sp³-hybridized carbons (Fsp3) is 0.800. The molecule has 0 atom stereocenters. The van der Waals surface area contributed by atoms with Gasteiger partial charge in [0.2, 0.25) is 0 Å². The first-order valence-electron chi connectivity index (χ1n) is 2.63. The minimum atomic E-state index is -5.44. The van der Waals surface area contributed by atoms with Gasteiger partial charge in [-0.25, -0.2) is 0 Å². The van der Waals surface area contributed by atoms with Gasteiger partial charge in [0.05, 0.1) is 5.75 Å². The van der Waals surface area contributed by atoms with E-state index in [1.807, 2.05) is 0 Å². The Hall–Kier alpha value is -0.0000000000000000555. The van der Waals surface area contributed by atoms with E-state index in [0.717, 1.165) is 0 Å². The SMILES string of the molecule is [CH2]CSCC(F)(F)C(F)(F)F. The predicted molar refractivity (Wildman–Crippen MR) is 33.7 cm³/mol. The lowest BCUT2D eigenvalue weighted by Gasteiger charge is -2.18. The molecule has 0 spiro atoms. The average molecular weight is 193 g/mol. The zero-order valence-electron chi connectivity index (χ0n) is 5.42. The second-order valence-electron chi connectivity index (χ2n) is 1.75. The van der Waals surface area contributed by atoms with E-state index >= 15 is 0 Å². The number of hydrogen-bond donors (Lipinski definition) is 0. The first-order chi connectivity index (χ1) is 4.81. The Morgan fingerprint density at radius 3 is 1.82 bits per heavy atom. The van der Waals surface area contributed by atoms with Crippen molar-refractivity contribution >= 4 is 11.8 Å². The van der Waals surface area contributed by atoms with Crippen molar-refractivity contribution in [1.29, 1.82) is 0 Å². The summed E-state index contributed by atoms with van der Waals surface area (Å²) in [7, 11) is 0. The molecule has 0 aromatic rings. The van der Waals surface area contributed by atoms with Gasteiger partial charge in [-0.15, -0.1) is 0 Å². The third-order valence-electron chi connectivity index (χ3n) is 0.842. The molecule has 0 heterocycles. The van der Waals surface area contributed by atoms with E-state index in [2.05, 4.69) is 6.92 Å². The minimum Gasteiger partial charge on any atom is -0.195 e. The monoisotopic (exact) mass is 193 g/mol. The lowest BCUT2D eigenvalue weighted by Crippen LogP contribution is -2.38. The van der Waals surface area contributed by atoms with Crippen LogP contribution in [-0.2, 0) is 0 Å². The quantitative estimate of drug-likeness (QED) is 0.621. The lowest BCUT2D eigenvalue weighted by molar-refractivity contribution is -0.271. The van der Waals surface area contributed by atoms with Crippen LogP contribution in [0.2, 0.25) is 0 Å². The first kappa shape index (κ1) is 11.0. The maximum atomic E-state index is 11.9. The van der Waals surface area contributed by atoms with Crippen molar-refractivity contribution in [3.63, 3.8) is 0 Å². The van der Waals surface area contributed by atoms with Gasteiger partial charge < -0.3 is 0 Å². The van der Waals surface area contributed by atoms with Crippen molar-refractivity contribution in [2.75, 3.05) is 11.5 Å². The standard InChI is InChI=1S/C5H6F5S/c1-2-11-3-4(6,7)5(8,9)10/h1-3H2. The highest BCUT2D eigenvalue weighted by molar-refractivity contribution is 7.99. The molecule has 1 radical (unpaired) electrons. The molecule has 0 unspecified atom stereocenters. The molecule has 0 fully saturated rings. The first-order valence-corrected chi connectivity index (χ1v) is 3.78. The van der Waals surface area contributed by atoms with E-state index in [1.54, 1.807) is 0 Å². The normalized spacial score (nSPS) is 13.6. The smallest absolute Gasteiger partial charge is 0.195 e. The van der Waals surface area contributed by atoms with Gasteiger partial charge in [0.1, 0.15) is 0 Å². The van der Waals surface area contributed by atoms with Gasteiger partial charge in [-0.3, -0.25) is 0 Å². The largest absolute Gasteiger partial charge is 0.454 e. The highest BCUT2D eigenvalue weighted by Gasteiger charge is 2.56. The molecule has 0 bridgehead atoms. The molecule has 0 aliphatic rings. The summed E-state index contributed by atoms with van der Waals surface area (Å²) in [4.78, 5) is 0. The van der Waals surface area contributed by atoms with E-state index in [1.165, 1.54) is 0 Å². The van der Waals surface area contributed by atoms with Crippen molar-refractivity contribution in [1.82, 2.24) is 0 Å². The summed E-state index contributed by atoms with van der Waals surface area (Å²) in [5.74, 6) is -5.83. The third kappa shape index (κ3) is 3.27. The van der Waals surface area contributed by atoms with Gasteiger partial charge in [0, 0.05) is 0 Å². The van der Waals surface area contributed by atoms with Crippen LogP contribution in [-0.4, -0.2) is 23.6 Å². The molecule has 0 aromatic carbocycles. The lowest BCUT2D eigenvalue weighted by atomic mass is 10.4. The second-order valence-corrected chi connectivity index (χ2v) is 2.86. The summed E-state index contributed by atoms with van der Waals surface area (Å²) in [6.45, 7) is 3.13. The van der Waals surface area contributed by atoms with Crippen molar-refractivity contribution < 1.29 is 22.0 Å². The fourth-order valence-electron chi connectivity index (χ4n) is 0.282. The minimum absolute atomic E-state index is 0.00562. The highest BCUT2D eigenvalue weighted by Crippen LogP contribution is 2.37. The maximum Gasteiger partial charge on any atom is 0.454 e. The van der Waals surface area contributed by atoms with Gasteiger partial charge in [0.25, 0.3) is 0 Å². The van der Waals surface area contributed by atoms with Crippen LogP contribution in [0.5, 0.6) is 0 Å². The van der Waals surface area contributed by atoms with Crippen LogP contribution in [0.3, 0.4) is 0 Å². The maximum absolute atomic E-state index is 11.9. The van der Waals surface area contributed by atoms with Gasteiger partial charge in [-0.05, 0) is 12.7 Å². The molecule has 0 saturated heterocycles. The Morgan fingerprint density at radius 2 is 1.55 bits per heavy atom. The summed E-state index contributed by atoms with van der Waals surface area (Å²) >= 11 is 0.461. The van der Waals surface area contributed by atoms with Gasteiger partial charge >= 0.3 is 12.1 Å². The summed E-state index contributed by atoms with van der Waals surface area (Å²) in [6, 6.07) is 0. The summed E-state index contributed by atoms with van der Waals surface area (Å²) in [6.07, 6.45) is -5.44. The van der Waals surface area contributed by atoms with Crippen molar-refractivity contribution in [2.24, 2.45) is 0 Å². The number of halogens is 5. The summed E-state index contributed by atoms with van der Waals surface area (Å²) < 4.78 is 58.0. The van der Waals surface area contributed by atoms with Gasteiger partial charge in [-0.2, -0.15) is 33.7 Å². The summed E-state index contributed by atoms with van der Waals surface area (Å²) in [5.41, 5.74) is 0. The fourth-order valence-corrected chi connectivity index (χ4v) is 0.847. The molecule has 67 valence electrons. The number of hydrogen-bond acceptors (Lipinski definition) is 1. The zero-order chi connectivity index (χ0) is 9.12. The van der Waals surface area contributed by atoms with E-state index in [9.17, 15) is 22.0 Å². The molecular weight excluding hydrogens is 187 g/mol. The van der Waals surface area contributed by atoms with E-state index < -0.39 is 17.9 Å². The Morgan fingerprint density at radius 1 is 1.09 bits per heavy atom. The van der Waals surface area contributed by atoms with Crippen LogP contribution in [0.15, 0.2) is 0 Å². The number of rotatable bonds is 3. The Bertz CT molecular complexity index is 119. The number of alkyl halides is 5. The molecule has 0 amide bonds. The zero-order valence-corrected chi connectivity index (χ0v) is 6.24. The molecule has 0 N–H and O–H groups in total. The highest BCUT2D eigenvalue weighted by atomic mass is 32.2. The molecular formula is C5H6F5S. The molecule has 0 aromatic heterocycles. The Kier molecular flexibility index (Phi) is 3.60. The molecule has 11 heavy (non-hydrogen) atoms. The van der Waals surface area contributed by atoms with Crippen molar-refractivity contribution in [3.8, 4) is 0 Å². The Balaban J connectivity index is 4.00. The van der Waals surface area contributed by atoms with Gasteiger partial charge in [0.15, 0.2) is 0 Å². The molecule has 0 saturated carbocycles. The van der Waals surface area contributed by atoms with Crippen LogP contribution in [0.1, 0.15) is 0 Å². The van der Waals surface area contributed by atoms with Crippen LogP contribution in [0.25, 0.3) is 0 Å². The molecule has 0 aliphatic carbocycles. The van der Waals surface area contributed by atoms with Gasteiger partial charge in [-0.1, -0.05) is 0 Å². The van der Waals surface area contributed by atoms with E-state index in [4.69, 9.17) is 0 Å². The second kappa shape index (κ2) is 3.60. The van der Waals surface area contributed by atoms with Crippen molar-refractivity contribution in [2.45, 2.75) is 12.1 Å². The van der Waals surface area contributed by atoms with Crippen LogP contribution >= 0.6 is 11.8 Å². The topological polar surface area (TPSA) is 0 Å². The molecule has 0 nitrogen and oxygen atoms in total.